The van der Waals surface area contributed by atoms with Crippen LogP contribution >= 0.6 is 0 Å². The number of aromatic nitrogens is 2. The minimum Gasteiger partial charge on any atom is -0.394 e. The Morgan fingerprint density at radius 1 is 1.04 bits per heavy atom. The monoisotopic (exact) mass is 332 g/mol. The Labute approximate surface area is 136 Å². The number of hydrogen-bond donors (Lipinski definition) is 2. The Kier molecular flexibility index (Phi) is 3.81. The summed E-state index contributed by atoms with van der Waals surface area (Å²) in [7, 11) is 0. The molecule has 8 nitrogen and oxygen atoms in total. The third-order valence-corrected chi connectivity index (χ3v) is 4.22. The van der Waals surface area contributed by atoms with Gasteiger partial charge in [0.05, 0.1) is 6.61 Å². The molecule has 0 spiro atoms. The first-order valence-corrected chi connectivity index (χ1v) is 7.61. The van der Waals surface area contributed by atoms with E-state index in [1.165, 1.54) is 16.8 Å². The average Bonchev–Trinajstić information content (AvgIpc) is 3.15. The standard InChI is InChI=1S/C16H16N2O6/c19-8-10-12-13(24-15(23-12)9-4-2-1-3-5-9)14(22-10)18-7-6-11(20)17-16(18)21/h1-7,10,12-15,19H,8H2,(H,17,20,21)/t10-,12-,13-,14-,15+/m1/s1. The number of aromatic amines is 1. The van der Waals surface area contributed by atoms with Crippen LogP contribution in [0.2, 0.25) is 0 Å². The molecule has 126 valence electrons. The number of rotatable bonds is 3. The molecule has 24 heavy (non-hydrogen) atoms. The van der Waals surface area contributed by atoms with Crippen molar-refractivity contribution in [1.29, 1.82) is 0 Å². The first-order chi connectivity index (χ1) is 11.7. The van der Waals surface area contributed by atoms with Gasteiger partial charge in [0.2, 0.25) is 0 Å². The Morgan fingerprint density at radius 2 is 1.79 bits per heavy atom. The first kappa shape index (κ1) is 15.3. The highest BCUT2D eigenvalue weighted by molar-refractivity contribution is 5.17. The molecule has 2 saturated heterocycles. The minimum atomic E-state index is -0.787. The smallest absolute Gasteiger partial charge is 0.330 e. The van der Waals surface area contributed by atoms with Crippen LogP contribution in [0.3, 0.4) is 0 Å². The van der Waals surface area contributed by atoms with Gasteiger partial charge in [-0.3, -0.25) is 14.3 Å². The van der Waals surface area contributed by atoms with Gasteiger partial charge < -0.3 is 19.3 Å². The zero-order chi connectivity index (χ0) is 16.7. The van der Waals surface area contributed by atoms with E-state index in [0.717, 1.165) is 5.56 Å². The zero-order valence-corrected chi connectivity index (χ0v) is 12.6. The van der Waals surface area contributed by atoms with Gasteiger partial charge in [-0.2, -0.15) is 0 Å². The molecule has 5 atom stereocenters. The lowest BCUT2D eigenvalue weighted by Crippen LogP contribution is -2.36. The summed E-state index contributed by atoms with van der Waals surface area (Å²) in [4.78, 5) is 25.5. The van der Waals surface area contributed by atoms with Crippen molar-refractivity contribution in [3.05, 3.63) is 69.0 Å². The van der Waals surface area contributed by atoms with Crippen molar-refractivity contribution in [2.45, 2.75) is 30.8 Å². The normalized spacial score (nSPS) is 32.0. The fraction of sp³-hybridized carbons (Fsp3) is 0.375. The number of nitrogens with one attached hydrogen (secondary N) is 1. The lowest BCUT2D eigenvalue weighted by Gasteiger charge is -2.20. The number of H-pyrrole nitrogens is 1. The van der Waals surface area contributed by atoms with E-state index in [1.807, 2.05) is 30.3 Å². The van der Waals surface area contributed by atoms with Crippen molar-refractivity contribution in [3.63, 3.8) is 0 Å². The van der Waals surface area contributed by atoms with Crippen LogP contribution in [0.5, 0.6) is 0 Å². The molecule has 2 aliphatic rings. The molecule has 0 radical (unpaired) electrons. The summed E-state index contributed by atoms with van der Waals surface area (Å²) in [6, 6.07) is 10.6. The maximum Gasteiger partial charge on any atom is 0.330 e. The lowest BCUT2D eigenvalue weighted by atomic mass is 10.1. The van der Waals surface area contributed by atoms with Gasteiger partial charge in [-0.15, -0.1) is 0 Å². The van der Waals surface area contributed by atoms with Crippen molar-refractivity contribution in [2.24, 2.45) is 0 Å². The van der Waals surface area contributed by atoms with E-state index in [4.69, 9.17) is 14.2 Å². The highest BCUT2D eigenvalue weighted by Gasteiger charge is 2.53. The van der Waals surface area contributed by atoms with Gasteiger partial charge >= 0.3 is 5.69 Å². The van der Waals surface area contributed by atoms with Crippen molar-refractivity contribution < 1.29 is 19.3 Å². The van der Waals surface area contributed by atoms with Gasteiger partial charge in [-0.05, 0) is 0 Å². The van der Waals surface area contributed by atoms with Gasteiger partial charge in [0.15, 0.2) is 12.5 Å². The van der Waals surface area contributed by atoms with E-state index in [1.54, 1.807) is 0 Å². The molecule has 0 saturated carbocycles. The molecule has 8 heteroatoms. The van der Waals surface area contributed by atoms with Crippen LogP contribution in [0.25, 0.3) is 0 Å². The van der Waals surface area contributed by atoms with Crippen molar-refractivity contribution in [2.75, 3.05) is 6.61 Å². The van der Waals surface area contributed by atoms with E-state index in [-0.39, 0.29) is 6.61 Å². The topological polar surface area (TPSA) is 103 Å². The second kappa shape index (κ2) is 5.99. The fourth-order valence-electron chi connectivity index (χ4n) is 3.10. The third kappa shape index (κ3) is 2.49. The second-order valence-corrected chi connectivity index (χ2v) is 5.71. The number of nitrogens with zero attached hydrogens (tertiary/aromatic N) is 1. The Bertz CT molecular complexity index is 832. The van der Waals surface area contributed by atoms with Gasteiger partial charge in [-0.1, -0.05) is 30.3 Å². The molecule has 3 heterocycles. The van der Waals surface area contributed by atoms with Crippen LogP contribution in [0, 0.1) is 0 Å². The molecular weight excluding hydrogens is 316 g/mol. The second-order valence-electron chi connectivity index (χ2n) is 5.71. The SMILES string of the molecule is O=c1ccn([C@@H]2O[C@H](CO)[C@H]3O[C@H](c4ccccc4)O[C@H]32)c(=O)[nH]1. The predicted octanol–water partition coefficient (Wildman–Crippen LogP) is -0.0909. The summed E-state index contributed by atoms with van der Waals surface area (Å²) in [5.74, 6) is 0. The molecule has 4 rings (SSSR count). The molecule has 0 bridgehead atoms. The molecule has 2 aliphatic heterocycles. The summed E-state index contributed by atoms with van der Waals surface area (Å²) in [6.07, 6.45) is -1.74. The molecule has 2 aromatic rings. The fourth-order valence-corrected chi connectivity index (χ4v) is 3.10. The van der Waals surface area contributed by atoms with E-state index in [2.05, 4.69) is 4.98 Å². The number of aliphatic hydroxyl groups excluding tert-OH is 1. The van der Waals surface area contributed by atoms with Crippen LogP contribution in [-0.2, 0) is 14.2 Å². The maximum absolute atomic E-state index is 12.0. The number of aliphatic hydroxyl groups is 1. The number of ether oxygens (including phenoxy) is 3. The molecule has 1 aromatic heterocycles. The Hall–Kier alpha value is -2.26. The van der Waals surface area contributed by atoms with Crippen molar-refractivity contribution in [3.8, 4) is 0 Å². The zero-order valence-electron chi connectivity index (χ0n) is 12.6. The average molecular weight is 332 g/mol. The molecule has 2 N–H and O–H groups in total. The summed E-state index contributed by atoms with van der Waals surface area (Å²) in [5, 5.41) is 9.54. The van der Waals surface area contributed by atoms with Gasteiger partial charge in [-0.25, -0.2) is 4.79 Å². The molecule has 0 unspecified atom stereocenters. The highest BCUT2D eigenvalue weighted by atomic mass is 16.8. The van der Waals surface area contributed by atoms with E-state index in [0.29, 0.717) is 0 Å². The van der Waals surface area contributed by atoms with Gasteiger partial charge in [0.1, 0.15) is 18.3 Å². The number of fused-ring (bicyclic) bond motifs is 1. The maximum atomic E-state index is 12.0. The van der Waals surface area contributed by atoms with Gasteiger partial charge in [0, 0.05) is 17.8 Å². The van der Waals surface area contributed by atoms with Crippen LogP contribution < -0.4 is 11.2 Å². The summed E-state index contributed by atoms with van der Waals surface area (Å²) >= 11 is 0. The lowest BCUT2D eigenvalue weighted by molar-refractivity contribution is -0.155. The van der Waals surface area contributed by atoms with Crippen LogP contribution in [0.1, 0.15) is 18.1 Å². The summed E-state index contributed by atoms with van der Waals surface area (Å²) < 4.78 is 18.8. The van der Waals surface area contributed by atoms with Crippen LogP contribution in [0.15, 0.2) is 52.2 Å². The predicted molar refractivity (Wildman–Crippen MR) is 81.2 cm³/mol. The third-order valence-electron chi connectivity index (χ3n) is 4.22. The van der Waals surface area contributed by atoms with E-state index < -0.39 is 42.1 Å². The summed E-state index contributed by atoms with van der Waals surface area (Å²) in [5.41, 5.74) is -0.247. The highest BCUT2D eigenvalue weighted by Crippen LogP contribution is 2.43. The van der Waals surface area contributed by atoms with Crippen LogP contribution in [0.4, 0.5) is 0 Å². The number of benzene rings is 1. The first-order valence-electron chi connectivity index (χ1n) is 7.61. The van der Waals surface area contributed by atoms with Gasteiger partial charge in [0.25, 0.3) is 5.56 Å². The largest absolute Gasteiger partial charge is 0.394 e. The minimum absolute atomic E-state index is 0.263. The van der Waals surface area contributed by atoms with Crippen LogP contribution in [-0.4, -0.2) is 39.6 Å². The molecule has 0 aliphatic carbocycles. The quantitative estimate of drug-likeness (QED) is 0.814. The summed E-state index contributed by atoms with van der Waals surface area (Å²) in [6.45, 7) is -0.263. The molecular formula is C16H16N2O6. The van der Waals surface area contributed by atoms with E-state index in [9.17, 15) is 14.7 Å². The Morgan fingerprint density at radius 3 is 2.50 bits per heavy atom. The Balaban J connectivity index is 1.66. The van der Waals surface area contributed by atoms with E-state index >= 15 is 0 Å². The van der Waals surface area contributed by atoms with Crippen molar-refractivity contribution >= 4 is 0 Å². The number of hydrogen-bond acceptors (Lipinski definition) is 6. The van der Waals surface area contributed by atoms with Crippen molar-refractivity contribution in [1.82, 2.24) is 9.55 Å². The molecule has 2 fully saturated rings. The molecule has 0 amide bonds. The molecule has 1 aromatic carbocycles.